The fraction of sp³-hybridized carbons (Fsp3) is 0.286. The van der Waals surface area contributed by atoms with Gasteiger partial charge in [0.2, 0.25) is 0 Å². The summed E-state index contributed by atoms with van der Waals surface area (Å²) in [5.74, 6) is 1.08. The van der Waals surface area contributed by atoms with E-state index in [1.807, 2.05) is 17.0 Å². The van der Waals surface area contributed by atoms with Crippen LogP contribution in [-0.4, -0.2) is 33.9 Å². The van der Waals surface area contributed by atoms with Gasteiger partial charge in [0.25, 0.3) is 5.91 Å². The lowest BCUT2D eigenvalue weighted by Crippen LogP contribution is -2.39. The average Bonchev–Trinajstić information content (AvgIpc) is 3.17. The first-order valence-electron chi connectivity index (χ1n) is 9.08. The number of carbonyl (C=O) groups excluding carboxylic acids is 1. The Morgan fingerprint density at radius 1 is 1.22 bits per heavy atom. The maximum Gasteiger partial charge on any atom is 0.272 e. The number of hydrogen-bond acceptors (Lipinski definition) is 4. The molecule has 0 bridgehead atoms. The van der Waals surface area contributed by atoms with Crippen LogP contribution in [-0.2, 0) is 6.42 Å². The van der Waals surface area contributed by atoms with Crippen LogP contribution in [0, 0.1) is 5.82 Å². The highest BCUT2D eigenvalue weighted by Crippen LogP contribution is 2.28. The first-order valence-corrected chi connectivity index (χ1v) is 9.08. The lowest BCUT2D eigenvalue weighted by atomic mass is 9.97. The highest BCUT2D eigenvalue weighted by molar-refractivity contribution is 5.92. The van der Waals surface area contributed by atoms with E-state index in [0.29, 0.717) is 36.9 Å². The van der Waals surface area contributed by atoms with Crippen molar-refractivity contribution in [3.05, 3.63) is 83.6 Å². The number of piperidine rings is 1. The Kier molecular flexibility index (Phi) is 4.96. The number of carbonyl (C=O) groups is 1. The van der Waals surface area contributed by atoms with Crippen LogP contribution >= 0.6 is 0 Å². The minimum atomic E-state index is -0.261. The number of aromatic nitrogens is 2. The van der Waals surface area contributed by atoms with Gasteiger partial charge in [0.1, 0.15) is 17.3 Å². The van der Waals surface area contributed by atoms with Crippen molar-refractivity contribution in [1.82, 2.24) is 14.9 Å². The van der Waals surface area contributed by atoms with Crippen molar-refractivity contribution in [2.75, 3.05) is 13.1 Å². The second-order valence-corrected chi connectivity index (χ2v) is 6.78. The van der Waals surface area contributed by atoms with E-state index >= 15 is 0 Å². The lowest BCUT2D eigenvalue weighted by molar-refractivity contribution is 0.0692. The van der Waals surface area contributed by atoms with Crippen molar-refractivity contribution >= 4 is 5.91 Å². The van der Waals surface area contributed by atoms with Crippen LogP contribution in [0.4, 0.5) is 4.39 Å². The second-order valence-electron chi connectivity index (χ2n) is 6.78. The zero-order chi connectivity index (χ0) is 18.6. The molecule has 0 spiro atoms. The molecule has 5 nitrogen and oxygen atoms in total. The molecule has 4 rings (SSSR count). The van der Waals surface area contributed by atoms with Gasteiger partial charge in [0.05, 0.1) is 12.1 Å². The van der Waals surface area contributed by atoms with E-state index < -0.39 is 0 Å². The van der Waals surface area contributed by atoms with Crippen LogP contribution in [0.5, 0.6) is 0 Å². The summed E-state index contributed by atoms with van der Waals surface area (Å²) in [6.07, 6.45) is 5.63. The summed E-state index contributed by atoms with van der Waals surface area (Å²) in [4.78, 5) is 23.0. The van der Waals surface area contributed by atoms with Gasteiger partial charge in [-0.25, -0.2) is 9.37 Å². The van der Waals surface area contributed by atoms with Crippen molar-refractivity contribution in [3.63, 3.8) is 0 Å². The molecule has 1 fully saturated rings. The van der Waals surface area contributed by atoms with E-state index in [0.717, 1.165) is 18.4 Å². The van der Waals surface area contributed by atoms with E-state index in [2.05, 4.69) is 9.97 Å². The maximum atomic E-state index is 13.3. The van der Waals surface area contributed by atoms with Crippen molar-refractivity contribution in [3.8, 4) is 0 Å². The number of likely N-dealkylation sites (tertiary alicyclic amines) is 1. The van der Waals surface area contributed by atoms with E-state index in [4.69, 9.17) is 4.42 Å². The van der Waals surface area contributed by atoms with Gasteiger partial charge in [-0.05, 0) is 42.7 Å². The van der Waals surface area contributed by atoms with Crippen LogP contribution in [0.3, 0.4) is 0 Å². The standard InChI is InChI=1S/C21H20FN3O2/c22-17-7-3-5-15(11-17)12-18-13-24-20(27-18)16-6-4-10-25(14-16)21(26)19-8-1-2-9-23-19/h1-3,5,7-9,11,13,16H,4,6,10,12,14H2/t16-/m0/s1. The molecule has 6 heteroatoms. The fourth-order valence-electron chi connectivity index (χ4n) is 3.46. The van der Waals surface area contributed by atoms with Crippen LogP contribution in [0.2, 0.25) is 0 Å². The molecule has 3 heterocycles. The zero-order valence-electron chi connectivity index (χ0n) is 14.8. The fourth-order valence-corrected chi connectivity index (χ4v) is 3.46. The monoisotopic (exact) mass is 365 g/mol. The minimum absolute atomic E-state index is 0.0627. The molecule has 1 amide bonds. The quantitative estimate of drug-likeness (QED) is 0.705. The predicted molar refractivity (Wildman–Crippen MR) is 97.8 cm³/mol. The maximum absolute atomic E-state index is 13.3. The second kappa shape index (κ2) is 7.70. The van der Waals surface area contributed by atoms with Gasteiger partial charge in [-0.15, -0.1) is 0 Å². The van der Waals surface area contributed by atoms with E-state index in [9.17, 15) is 9.18 Å². The molecule has 27 heavy (non-hydrogen) atoms. The van der Waals surface area contributed by atoms with Crippen molar-refractivity contribution in [2.24, 2.45) is 0 Å². The largest absolute Gasteiger partial charge is 0.445 e. The Bertz CT molecular complexity index is 926. The molecule has 0 aliphatic carbocycles. The molecule has 138 valence electrons. The highest BCUT2D eigenvalue weighted by Gasteiger charge is 2.28. The van der Waals surface area contributed by atoms with Gasteiger partial charge >= 0.3 is 0 Å². The van der Waals surface area contributed by atoms with E-state index in [1.165, 1.54) is 12.1 Å². The molecule has 2 aromatic heterocycles. The van der Waals surface area contributed by atoms with E-state index in [1.54, 1.807) is 30.6 Å². The van der Waals surface area contributed by atoms with Crippen molar-refractivity contribution in [1.29, 1.82) is 0 Å². The Morgan fingerprint density at radius 3 is 2.96 bits per heavy atom. The molecule has 1 aromatic carbocycles. The SMILES string of the molecule is O=C(c1ccccn1)N1CCC[C@H](c2ncc(Cc3cccc(F)c3)o2)C1. The number of nitrogens with zero attached hydrogens (tertiary/aromatic N) is 3. The third-order valence-electron chi connectivity index (χ3n) is 4.78. The first kappa shape index (κ1) is 17.4. The predicted octanol–water partition coefficient (Wildman–Crippen LogP) is 3.82. The van der Waals surface area contributed by atoms with Crippen LogP contribution in [0.1, 0.15) is 46.5 Å². The number of amides is 1. The Hall–Kier alpha value is -3.02. The molecule has 1 saturated heterocycles. The van der Waals surface area contributed by atoms with Gasteiger partial charge in [0, 0.05) is 25.7 Å². The van der Waals surface area contributed by atoms with Gasteiger partial charge in [-0.1, -0.05) is 18.2 Å². The topological polar surface area (TPSA) is 59.2 Å². The molecule has 0 radical (unpaired) electrons. The number of pyridine rings is 1. The molecule has 3 aromatic rings. The minimum Gasteiger partial charge on any atom is -0.445 e. The summed E-state index contributed by atoms with van der Waals surface area (Å²) >= 11 is 0. The van der Waals surface area contributed by atoms with Gasteiger partial charge in [-0.2, -0.15) is 0 Å². The zero-order valence-corrected chi connectivity index (χ0v) is 14.8. The molecular formula is C21H20FN3O2. The summed E-state index contributed by atoms with van der Waals surface area (Å²) in [5, 5.41) is 0. The van der Waals surface area contributed by atoms with Crippen LogP contribution in [0.15, 0.2) is 59.3 Å². The number of rotatable bonds is 4. The van der Waals surface area contributed by atoms with Gasteiger partial charge in [0.15, 0.2) is 5.89 Å². The smallest absolute Gasteiger partial charge is 0.272 e. The normalized spacial score (nSPS) is 17.1. The molecule has 1 atom stereocenters. The molecule has 1 aliphatic heterocycles. The average molecular weight is 365 g/mol. The number of halogens is 1. The van der Waals surface area contributed by atoms with E-state index in [-0.39, 0.29) is 17.6 Å². The third kappa shape index (κ3) is 4.05. The lowest BCUT2D eigenvalue weighted by Gasteiger charge is -2.31. The van der Waals surface area contributed by atoms with Crippen molar-refractivity contribution < 1.29 is 13.6 Å². The first-order chi connectivity index (χ1) is 13.2. The number of hydrogen-bond donors (Lipinski definition) is 0. The molecule has 0 unspecified atom stereocenters. The van der Waals surface area contributed by atoms with Crippen LogP contribution in [0.25, 0.3) is 0 Å². The molecular weight excluding hydrogens is 345 g/mol. The Labute approximate surface area is 156 Å². The molecule has 1 aliphatic rings. The Morgan fingerprint density at radius 2 is 2.15 bits per heavy atom. The van der Waals surface area contributed by atoms with Crippen LogP contribution < -0.4 is 0 Å². The number of benzene rings is 1. The highest BCUT2D eigenvalue weighted by atomic mass is 19.1. The third-order valence-corrected chi connectivity index (χ3v) is 4.78. The number of oxazole rings is 1. The summed E-state index contributed by atoms with van der Waals surface area (Å²) in [6, 6.07) is 11.8. The Balaban J connectivity index is 1.44. The summed E-state index contributed by atoms with van der Waals surface area (Å²) in [5.41, 5.74) is 1.30. The van der Waals surface area contributed by atoms with Gasteiger partial charge < -0.3 is 9.32 Å². The van der Waals surface area contributed by atoms with Gasteiger partial charge in [-0.3, -0.25) is 9.78 Å². The summed E-state index contributed by atoms with van der Waals surface area (Å²) < 4.78 is 19.2. The van der Waals surface area contributed by atoms with Crippen molar-refractivity contribution in [2.45, 2.75) is 25.2 Å². The molecule has 0 saturated carbocycles. The summed E-state index contributed by atoms with van der Waals surface area (Å²) in [7, 11) is 0. The molecule has 0 N–H and O–H groups in total. The summed E-state index contributed by atoms with van der Waals surface area (Å²) in [6.45, 7) is 1.28.